The van der Waals surface area contributed by atoms with Crippen LogP contribution in [0.25, 0.3) is 11.4 Å². The molecule has 3 rings (SSSR count). The molecule has 1 saturated heterocycles. The third kappa shape index (κ3) is 2.56. The molecule has 0 aliphatic carbocycles. The van der Waals surface area contributed by atoms with E-state index in [1.807, 2.05) is 6.07 Å². The van der Waals surface area contributed by atoms with Gasteiger partial charge >= 0.3 is 0 Å². The highest BCUT2D eigenvalue weighted by molar-refractivity contribution is 5.53. The van der Waals surface area contributed by atoms with E-state index in [0.717, 1.165) is 12.1 Å². The van der Waals surface area contributed by atoms with E-state index in [-0.39, 0.29) is 6.04 Å². The van der Waals surface area contributed by atoms with Crippen LogP contribution in [0.5, 0.6) is 5.88 Å². The number of hydrogen-bond acceptors (Lipinski definition) is 7. The quantitative estimate of drug-likeness (QED) is 0.876. The van der Waals surface area contributed by atoms with E-state index in [9.17, 15) is 0 Å². The van der Waals surface area contributed by atoms with Crippen LogP contribution < -0.4 is 10.1 Å². The average Bonchev–Trinajstić information content (AvgIpc) is 2.98. The summed E-state index contributed by atoms with van der Waals surface area (Å²) in [5.74, 6) is 1.60. The van der Waals surface area contributed by atoms with Crippen molar-refractivity contribution >= 4 is 0 Å². The predicted molar refractivity (Wildman–Crippen MR) is 65.6 cm³/mol. The smallest absolute Gasteiger partial charge is 0.246 e. The van der Waals surface area contributed by atoms with Gasteiger partial charge in [-0.25, -0.2) is 4.98 Å². The number of nitrogens with zero attached hydrogens (tertiary/aromatic N) is 3. The first-order valence-corrected chi connectivity index (χ1v) is 6.02. The Hall–Kier alpha value is -1.99. The first-order valence-electron chi connectivity index (χ1n) is 6.02. The molecular formula is C12H14N4O3. The lowest BCUT2D eigenvalue weighted by Gasteiger charge is -2.20. The molecule has 2 aromatic heterocycles. The van der Waals surface area contributed by atoms with Crippen molar-refractivity contribution in [3.8, 4) is 17.3 Å². The highest BCUT2D eigenvalue weighted by Gasteiger charge is 2.22. The molecule has 100 valence electrons. The average molecular weight is 262 g/mol. The van der Waals surface area contributed by atoms with Gasteiger partial charge in [0.15, 0.2) is 0 Å². The van der Waals surface area contributed by atoms with Gasteiger partial charge in [0.05, 0.1) is 20.3 Å². The Morgan fingerprint density at radius 1 is 1.42 bits per heavy atom. The minimum absolute atomic E-state index is 0.0405. The number of pyridine rings is 1. The van der Waals surface area contributed by atoms with Crippen LogP contribution in [-0.4, -0.2) is 42.0 Å². The lowest BCUT2D eigenvalue weighted by Crippen LogP contribution is -2.34. The fraction of sp³-hybridized carbons (Fsp3) is 0.417. The van der Waals surface area contributed by atoms with Gasteiger partial charge in [-0.3, -0.25) is 0 Å². The molecule has 1 fully saturated rings. The van der Waals surface area contributed by atoms with Gasteiger partial charge in [-0.2, -0.15) is 4.98 Å². The van der Waals surface area contributed by atoms with Crippen LogP contribution >= 0.6 is 0 Å². The molecule has 1 aliphatic rings. The molecule has 7 nitrogen and oxygen atoms in total. The molecule has 1 N–H and O–H groups in total. The number of methoxy groups -OCH3 is 1. The summed E-state index contributed by atoms with van der Waals surface area (Å²) in [5, 5.41) is 7.22. The van der Waals surface area contributed by atoms with Crippen molar-refractivity contribution in [2.75, 3.05) is 26.9 Å². The monoisotopic (exact) mass is 262 g/mol. The summed E-state index contributed by atoms with van der Waals surface area (Å²) >= 11 is 0. The van der Waals surface area contributed by atoms with Gasteiger partial charge in [-0.1, -0.05) is 5.16 Å². The lowest BCUT2D eigenvalue weighted by atomic mass is 10.2. The normalized spacial score (nSPS) is 19.3. The van der Waals surface area contributed by atoms with Crippen molar-refractivity contribution in [3.63, 3.8) is 0 Å². The van der Waals surface area contributed by atoms with Crippen molar-refractivity contribution in [2.45, 2.75) is 6.04 Å². The van der Waals surface area contributed by atoms with E-state index in [0.29, 0.717) is 30.8 Å². The molecule has 2 aromatic rings. The Morgan fingerprint density at radius 2 is 2.37 bits per heavy atom. The highest BCUT2D eigenvalue weighted by Crippen LogP contribution is 2.20. The summed E-state index contributed by atoms with van der Waals surface area (Å²) in [4.78, 5) is 8.47. The van der Waals surface area contributed by atoms with Crippen LogP contribution in [0.15, 0.2) is 22.9 Å². The predicted octanol–water partition coefficient (Wildman–Crippen LogP) is 0.801. The lowest BCUT2D eigenvalue weighted by molar-refractivity contribution is 0.0659. The number of rotatable bonds is 3. The van der Waals surface area contributed by atoms with E-state index >= 15 is 0 Å². The number of nitrogens with one attached hydrogen (secondary N) is 1. The van der Waals surface area contributed by atoms with Gasteiger partial charge in [0.2, 0.25) is 17.6 Å². The second-order valence-corrected chi connectivity index (χ2v) is 4.13. The zero-order chi connectivity index (χ0) is 13.1. The Kier molecular flexibility index (Phi) is 3.39. The molecular weight excluding hydrogens is 248 g/mol. The SMILES string of the molecule is COc1ccc(-c2noc(C3COCCN3)n2)cn1. The van der Waals surface area contributed by atoms with Gasteiger partial charge in [0.1, 0.15) is 6.04 Å². The molecule has 0 saturated carbocycles. The van der Waals surface area contributed by atoms with Crippen LogP contribution in [0.4, 0.5) is 0 Å². The first kappa shape index (κ1) is 12.1. The van der Waals surface area contributed by atoms with Crippen molar-refractivity contribution in [1.29, 1.82) is 0 Å². The minimum atomic E-state index is -0.0405. The maximum absolute atomic E-state index is 5.36. The Balaban J connectivity index is 1.79. The van der Waals surface area contributed by atoms with Crippen molar-refractivity contribution in [1.82, 2.24) is 20.4 Å². The molecule has 1 aliphatic heterocycles. The minimum Gasteiger partial charge on any atom is -0.481 e. The topological polar surface area (TPSA) is 82.3 Å². The number of ether oxygens (including phenoxy) is 2. The molecule has 0 aromatic carbocycles. The molecule has 0 amide bonds. The summed E-state index contributed by atoms with van der Waals surface area (Å²) in [7, 11) is 1.57. The molecule has 0 bridgehead atoms. The Labute approximate surface area is 109 Å². The highest BCUT2D eigenvalue weighted by atomic mass is 16.5. The Morgan fingerprint density at radius 3 is 3.05 bits per heavy atom. The van der Waals surface area contributed by atoms with Gasteiger partial charge < -0.3 is 19.3 Å². The largest absolute Gasteiger partial charge is 0.481 e. The molecule has 1 unspecified atom stereocenters. The molecule has 0 radical (unpaired) electrons. The summed E-state index contributed by atoms with van der Waals surface area (Å²) in [6.45, 7) is 2.04. The first-order chi connectivity index (χ1) is 9.36. The maximum Gasteiger partial charge on any atom is 0.246 e. The van der Waals surface area contributed by atoms with E-state index in [1.165, 1.54) is 0 Å². The third-order valence-corrected chi connectivity index (χ3v) is 2.87. The van der Waals surface area contributed by atoms with E-state index < -0.39 is 0 Å². The molecule has 1 atom stereocenters. The molecule has 0 spiro atoms. The zero-order valence-corrected chi connectivity index (χ0v) is 10.5. The summed E-state index contributed by atoms with van der Waals surface area (Å²) in [5.41, 5.74) is 0.785. The molecule has 7 heteroatoms. The second-order valence-electron chi connectivity index (χ2n) is 4.13. The van der Waals surface area contributed by atoms with Crippen molar-refractivity contribution in [3.05, 3.63) is 24.2 Å². The number of hydrogen-bond donors (Lipinski definition) is 1. The van der Waals surface area contributed by atoms with Crippen LogP contribution in [0.3, 0.4) is 0 Å². The standard InChI is InChI=1S/C12H14N4O3/c1-17-10-3-2-8(6-14-10)11-15-12(19-16-11)9-7-18-5-4-13-9/h2-3,6,9,13H,4-5,7H2,1H3. The third-order valence-electron chi connectivity index (χ3n) is 2.87. The van der Waals surface area contributed by atoms with Gasteiger partial charge in [-0.05, 0) is 6.07 Å². The van der Waals surface area contributed by atoms with E-state index in [1.54, 1.807) is 19.4 Å². The zero-order valence-electron chi connectivity index (χ0n) is 10.5. The van der Waals surface area contributed by atoms with E-state index in [2.05, 4.69) is 20.4 Å². The van der Waals surface area contributed by atoms with Crippen LogP contribution in [0, 0.1) is 0 Å². The fourth-order valence-electron chi connectivity index (χ4n) is 1.85. The van der Waals surface area contributed by atoms with E-state index in [4.69, 9.17) is 14.0 Å². The van der Waals surface area contributed by atoms with Gasteiger partial charge in [-0.15, -0.1) is 0 Å². The molecule has 3 heterocycles. The summed E-state index contributed by atoms with van der Waals surface area (Å²) in [6.07, 6.45) is 1.65. The molecule has 19 heavy (non-hydrogen) atoms. The van der Waals surface area contributed by atoms with Crippen LogP contribution in [0.1, 0.15) is 11.9 Å². The Bertz CT molecular complexity index is 534. The van der Waals surface area contributed by atoms with Crippen LogP contribution in [0.2, 0.25) is 0 Å². The number of aromatic nitrogens is 3. The summed E-state index contributed by atoms with van der Waals surface area (Å²) < 4.78 is 15.6. The summed E-state index contributed by atoms with van der Waals surface area (Å²) in [6, 6.07) is 3.56. The fourth-order valence-corrected chi connectivity index (χ4v) is 1.85. The van der Waals surface area contributed by atoms with Gasteiger partial charge in [0, 0.05) is 24.4 Å². The van der Waals surface area contributed by atoms with Crippen molar-refractivity contribution < 1.29 is 14.0 Å². The van der Waals surface area contributed by atoms with Crippen LogP contribution in [-0.2, 0) is 4.74 Å². The van der Waals surface area contributed by atoms with Crippen molar-refractivity contribution in [2.24, 2.45) is 0 Å². The second kappa shape index (κ2) is 5.33. The van der Waals surface area contributed by atoms with Gasteiger partial charge in [0.25, 0.3) is 0 Å². The number of morpholine rings is 1. The maximum atomic E-state index is 5.36.